The summed E-state index contributed by atoms with van der Waals surface area (Å²) in [6.45, 7) is 8.04. The molecule has 0 aromatic rings. The molecule has 5 heteroatoms. The van der Waals surface area contributed by atoms with Crippen LogP contribution in [0.4, 0.5) is 4.79 Å². The van der Waals surface area contributed by atoms with Gasteiger partial charge in [-0.05, 0) is 20.8 Å². The predicted octanol–water partition coefficient (Wildman–Crippen LogP) is 0.188. The normalized spacial score (nSPS) is 24.6. The number of aliphatic hydroxyl groups is 1. The van der Waals surface area contributed by atoms with Crippen molar-refractivity contribution >= 4 is 6.09 Å². The van der Waals surface area contributed by atoms with Gasteiger partial charge in [-0.15, -0.1) is 0 Å². The molecule has 2 rings (SSSR count). The topological polar surface area (TPSA) is 61.8 Å². The van der Waals surface area contributed by atoms with Gasteiger partial charge in [-0.25, -0.2) is 4.79 Å². The maximum atomic E-state index is 11.6. The fraction of sp³-hybridized carbons (Fsp3) is 0.909. The van der Waals surface area contributed by atoms with Crippen molar-refractivity contribution in [2.24, 2.45) is 5.92 Å². The van der Waals surface area contributed by atoms with Crippen LogP contribution in [0.15, 0.2) is 0 Å². The van der Waals surface area contributed by atoms with Crippen molar-refractivity contribution in [2.75, 3.05) is 26.2 Å². The summed E-state index contributed by atoms with van der Waals surface area (Å²) >= 11 is 0. The third-order valence-corrected chi connectivity index (χ3v) is 3.16. The molecule has 0 atom stereocenters. The zero-order valence-electron chi connectivity index (χ0n) is 10.1. The fourth-order valence-corrected chi connectivity index (χ4v) is 1.96. The van der Waals surface area contributed by atoms with E-state index in [-0.39, 0.29) is 12.0 Å². The van der Waals surface area contributed by atoms with E-state index in [9.17, 15) is 9.90 Å². The maximum Gasteiger partial charge on any atom is 0.410 e. The minimum atomic E-state index is -0.599. The monoisotopic (exact) mass is 228 g/mol. The third kappa shape index (κ3) is 2.15. The zero-order chi connectivity index (χ0) is 12.0. The number of carbonyl (C=O) groups excluding carboxylic acids is 1. The fourth-order valence-electron chi connectivity index (χ4n) is 1.96. The lowest BCUT2D eigenvalue weighted by atomic mass is 9.78. The highest BCUT2D eigenvalue weighted by molar-refractivity contribution is 5.69. The molecular formula is C11H20N2O3. The molecule has 0 radical (unpaired) electrons. The van der Waals surface area contributed by atoms with Crippen LogP contribution in [-0.2, 0) is 4.74 Å². The number of nitrogens with zero attached hydrogens (tertiary/aromatic N) is 1. The second-order valence-corrected chi connectivity index (χ2v) is 5.79. The molecule has 2 heterocycles. The number of nitrogens with one attached hydrogen (secondary N) is 1. The Morgan fingerprint density at radius 2 is 2.00 bits per heavy atom. The molecule has 5 nitrogen and oxygen atoms in total. The van der Waals surface area contributed by atoms with Gasteiger partial charge in [0.2, 0.25) is 0 Å². The van der Waals surface area contributed by atoms with Crippen molar-refractivity contribution < 1.29 is 14.6 Å². The number of ether oxygens (including phenoxy) is 1. The number of β-amino-alcohol motifs (C(OH)–C–C–N with tert-alkyl or cyclic N) is 1. The van der Waals surface area contributed by atoms with Crippen LogP contribution in [0.3, 0.4) is 0 Å². The minimum absolute atomic E-state index is 0.196. The average molecular weight is 228 g/mol. The molecule has 0 aromatic heterocycles. The first-order valence-electron chi connectivity index (χ1n) is 5.71. The van der Waals surface area contributed by atoms with E-state index in [1.165, 1.54) is 0 Å². The van der Waals surface area contributed by atoms with Crippen LogP contribution in [0, 0.1) is 5.92 Å². The predicted molar refractivity (Wildman–Crippen MR) is 59.1 cm³/mol. The summed E-state index contributed by atoms with van der Waals surface area (Å²) in [5.41, 5.74) is -1.05. The molecule has 0 unspecified atom stereocenters. The number of rotatable bonds is 1. The van der Waals surface area contributed by atoms with Crippen molar-refractivity contribution in [1.29, 1.82) is 0 Å². The number of hydrogen-bond donors (Lipinski definition) is 2. The van der Waals surface area contributed by atoms with Gasteiger partial charge in [-0.1, -0.05) is 0 Å². The van der Waals surface area contributed by atoms with E-state index in [0.29, 0.717) is 26.2 Å². The van der Waals surface area contributed by atoms with Gasteiger partial charge in [-0.2, -0.15) is 0 Å². The van der Waals surface area contributed by atoms with E-state index < -0.39 is 11.2 Å². The molecule has 0 aromatic carbocycles. The number of likely N-dealkylation sites (tertiary alicyclic amines) is 1. The van der Waals surface area contributed by atoms with Crippen molar-refractivity contribution in [3.63, 3.8) is 0 Å². The first kappa shape index (κ1) is 11.7. The smallest absolute Gasteiger partial charge is 0.410 e. The van der Waals surface area contributed by atoms with Gasteiger partial charge in [0.1, 0.15) is 5.60 Å². The Hall–Kier alpha value is -0.810. The summed E-state index contributed by atoms with van der Waals surface area (Å²) < 4.78 is 5.24. The number of amides is 1. The lowest BCUT2D eigenvalue weighted by molar-refractivity contribution is -0.114. The summed E-state index contributed by atoms with van der Waals surface area (Å²) in [5, 5.41) is 13.1. The molecule has 16 heavy (non-hydrogen) atoms. The highest BCUT2D eigenvalue weighted by atomic mass is 16.6. The Labute approximate surface area is 95.8 Å². The minimum Gasteiger partial charge on any atom is -0.444 e. The van der Waals surface area contributed by atoms with E-state index in [4.69, 9.17) is 4.74 Å². The Kier molecular flexibility index (Phi) is 2.62. The highest BCUT2D eigenvalue weighted by Gasteiger charge is 2.49. The van der Waals surface area contributed by atoms with Gasteiger partial charge in [-0.3, -0.25) is 0 Å². The van der Waals surface area contributed by atoms with E-state index in [2.05, 4.69) is 5.32 Å². The number of hydrogen-bond acceptors (Lipinski definition) is 4. The molecule has 0 aliphatic carbocycles. The summed E-state index contributed by atoms with van der Waals surface area (Å²) in [5.74, 6) is 0.196. The Balaban J connectivity index is 1.78. The first-order chi connectivity index (χ1) is 7.30. The second-order valence-electron chi connectivity index (χ2n) is 5.79. The summed E-state index contributed by atoms with van der Waals surface area (Å²) in [7, 11) is 0. The van der Waals surface area contributed by atoms with Crippen molar-refractivity contribution in [3.05, 3.63) is 0 Å². The van der Waals surface area contributed by atoms with Crippen molar-refractivity contribution in [3.8, 4) is 0 Å². The standard InChI is InChI=1S/C11H20N2O3/c1-10(2,3)16-9(14)13-4-8(5-13)11(15)6-12-7-11/h8,12,15H,4-7H2,1-3H3. The molecule has 2 aliphatic heterocycles. The van der Waals surface area contributed by atoms with Gasteiger partial charge in [0, 0.05) is 32.1 Å². The molecule has 1 amide bonds. The van der Waals surface area contributed by atoms with Crippen molar-refractivity contribution in [2.45, 2.75) is 32.0 Å². The molecule has 2 fully saturated rings. The van der Waals surface area contributed by atoms with E-state index in [1.54, 1.807) is 4.90 Å². The van der Waals surface area contributed by atoms with Gasteiger partial charge < -0.3 is 20.1 Å². The number of carbonyl (C=O) groups is 1. The van der Waals surface area contributed by atoms with Crippen LogP contribution in [-0.4, -0.2) is 53.5 Å². The van der Waals surface area contributed by atoms with E-state index in [1.807, 2.05) is 20.8 Å². The maximum absolute atomic E-state index is 11.6. The molecule has 2 aliphatic rings. The molecule has 2 saturated heterocycles. The summed E-state index contributed by atoms with van der Waals surface area (Å²) in [4.78, 5) is 13.3. The molecular weight excluding hydrogens is 208 g/mol. The molecule has 2 N–H and O–H groups in total. The van der Waals surface area contributed by atoms with Gasteiger partial charge in [0.15, 0.2) is 0 Å². The van der Waals surface area contributed by atoms with E-state index >= 15 is 0 Å². The molecule has 0 bridgehead atoms. The lowest BCUT2D eigenvalue weighted by Crippen LogP contribution is -2.71. The third-order valence-electron chi connectivity index (χ3n) is 3.16. The van der Waals surface area contributed by atoms with Gasteiger partial charge in [0.25, 0.3) is 0 Å². The van der Waals surface area contributed by atoms with Crippen LogP contribution >= 0.6 is 0 Å². The highest BCUT2D eigenvalue weighted by Crippen LogP contribution is 2.31. The summed E-state index contributed by atoms with van der Waals surface area (Å²) in [6.07, 6.45) is -0.278. The van der Waals surface area contributed by atoms with Crippen LogP contribution in [0.25, 0.3) is 0 Å². The molecule has 0 saturated carbocycles. The van der Waals surface area contributed by atoms with Crippen LogP contribution in [0.1, 0.15) is 20.8 Å². The van der Waals surface area contributed by atoms with Crippen LogP contribution in [0.2, 0.25) is 0 Å². The average Bonchev–Trinajstić information content (AvgIpc) is 1.94. The van der Waals surface area contributed by atoms with Gasteiger partial charge >= 0.3 is 6.09 Å². The molecule has 0 spiro atoms. The van der Waals surface area contributed by atoms with E-state index in [0.717, 1.165) is 0 Å². The Morgan fingerprint density at radius 3 is 2.38 bits per heavy atom. The van der Waals surface area contributed by atoms with Crippen LogP contribution < -0.4 is 5.32 Å². The molecule has 92 valence electrons. The second kappa shape index (κ2) is 3.60. The first-order valence-corrected chi connectivity index (χ1v) is 5.71. The summed E-state index contributed by atoms with van der Waals surface area (Å²) in [6, 6.07) is 0. The quantitative estimate of drug-likeness (QED) is 0.672. The van der Waals surface area contributed by atoms with Crippen LogP contribution in [0.5, 0.6) is 0 Å². The Bertz CT molecular complexity index is 288. The largest absolute Gasteiger partial charge is 0.444 e. The SMILES string of the molecule is CC(C)(C)OC(=O)N1CC(C2(O)CNC2)C1. The lowest BCUT2D eigenvalue weighted by Gasteiger charge is -2.52. The van der Waals surface area contributed by atoms with Gasteiger partial charge in [0.05, 0.1) is 5.60 Å². The van der Waals surface area contributed by atoms with Crippen molar-refractivity contribution in [1.82, 2.24) is 10.2 Å². The Morgan fingerprint density at radius 1 is 1.44 bits per heavy atom. The zero-order valence-corrected chi connectivity index (χ0v) is 10.1.